The van der Waals surface area contributed by atoms with Crippen LogP contribution in [0, 0.1) is 10.1 Å². The van der Waals surface area contributed by atoms with Gasteiger partial charge in [-0.2, -0.15) is 4.31 Å². The first kappa shape index (κ1) is 19.7. The molecule has 1 fully saturated rings. The molecular weight excluding hydrogens is 446 g/mol. The van der Waals surface area contributed by atoms with Gasteiger partial charge in [0, 0.05) is 13.1 Å². The van der Waals surface area contributed by atoms with Crippen LogP contribution in [0.4, 0.5) is 5.69 Å². The largest absolute Gasteiger partial charge is 0.461 e. The van der Waals surface area contributed by atoms with Crippen molar-refractivity contribution in [2.45, 2.75) is 11.8 Å². The number of rotatable bonds is 5. The van der Waals surface area contributed by atoms with E-state index < -0.39 is 31.5 Å². The van der Waals surface area contributed by atoms with Gasteiger partial charge < -0.3 is 14.5 Å². The summed E-state index contributed by atoms with van der Waals surface area (Å²) in [4.78, 5) is 25.5. The number of hydrogen-bond acceptors (Lipinski definition) is 7. The van der Waals surface area contributed by atoms with Crippen molar-refractivity contribution in [1.29, 1.82) is 0 Å². The molecular formula is C15H16BrN3O7S. The second kappa shape index (κ2) is 7.54. The van der Waals surface area contributed by atoms with Crippen LogP contribution in [0.15, 0.2) is 21.5 Å². The van der Waals surface area contributed by atoms with Gasteiger partial charge in [-0.3, -0.25) is 10.1 Å². The van der Waals surface area contributed by atoms with E-state index in [0.717, 1.165) is 4.31 Å². The molecule has 0 amide bonds. The van der Waals surface area contributed by atoms with Crippen molar-refractivity contribution >= 4 is 48.5 Å². The van der Waals surface area contributed by atoms with E-state index >= 15 is 0 Å². The number of nitro groups is 1. The van der Waals surface area contributed by atoms with E-state index in [4.69, 9.17) is 9.47 Å². The van der Waals surface area contributed by atoms with Crippen LogP contribution < -0.4 is 0 Å². The van der Waals surface area contributed by atoms with Gasteiger partial charge in [0.05, 0.1) is 40.1 Å². The molecule has 1 saturated heterocycles. The van der Waals surface area contributed by atoms with Crippen molar-refractivity contribution in [3.05, 3.63) is 32.4 Å². The lowest BCUT2D eigenvalue weighted by Gasteiger charge is -2.26. The summed E-state index contributed by atoms with van der Waals surface area (Å²) < 4.78 is 37.9. The predicted octanol–water partition coefficient (Wildman–Crippen LogP) is 2.04. The van der Waals surface area contributed by atoms with Crippen molar-refractivity contribution in [3.63, 3.8) is 0 Å². The SMILES string of the molecule is CCOC(=O)c1[nH]c2ccc(Br)c([N+](=O)[O-])c2c1S(=O)(=O)N1CCOCC1. The van der Waals surface area contributed by atoms with Gasteiger partial charge in [0.25, 0.3) is 5.69 Å². The summed E-state index contributed by atoms with van der Waals surface area (Å²) in [5, 5.41) is 11.5. The van der Waals surface area contributed by atoms with Crippen molar-refractivity contribution in [1.82, 2.24) is 9.29 Å². The minimum Gasteiger partial charge on any atom is -0.461 e. The molecule has 1 aromatic carbocycles. The van der Waals surface area contributed by atoms with Crippen LogP contribution in [0.2, 0.25) is 0 Å². The Morgan fingerprint density at radius 3 is 2.67 bits per heavy atom. The molecule has 3 rings (SSSR count). The Balaban J connectivity index is 2.36. The molecule has 0 atom stereocenters. The van der Waals surface area contributed by atoms with Gasteiger partial charge in [0.2, 0.25) is 10.0 Å². The normalized spacial score (nSPS) is 15.8. The molecule has 1 aromatic heterocycles. The number of hydrogen-bond donors (Lipinski definition) is 1. The smallest absolute Gasteiger partial charge is 0.356 e. The summed E-state index contributed by atoms with van der Waals surface area (Å²) in [6, 6.07) is 2.88. The third-order valence-corrected chi connectivity index (χ3v) is 6.68. The fraction of sp³-hybridized carbons (Fsp3) is 0.400. The van der Waals surface area contributed by atoms with E-state index in [9.17, 15) is 23.3 Å². The zero-order valence-electron chi connectivity index (χ0n) is 14.2. The monoisotopic (exact) mass is 461 g/mol. The van der Waals surface area contributed by atoms with Gasteiger partial charge in [0.15, 0.2) is 0 Å². The number of sulfonamides is 1. The number of esters is 1. The standard InChI is InChI=1S/C15H16BrN3O7S/c1-2-26-15(20)12-14(27(23,24)18-5-7-25-8-6-18)11-10(17-12)4-3-9(16)13(11)19(21)22/h3-4,17H,2,5-8H2,1H3. The fourth-order valence-corrected chi connectivity index (χ4v) is 5.14. The number of nitro benzene ring substituents is 1. The summed E-state index contributed by atoms with van der Waals surface area (Å²) in [6.07, 6.45) is 0. The third-order valence-electron chi connectivity index (χ3n) is 4.07. The number of halogens is 1. The number of carbonyl (C=O) groups is 1. The number of aromatic amines is 1. The molecule has 146 valence electrons. The Morgan fingerprint density at radius 1 is 1.41 bits per heavy atom. The van der Waals surface area contributed by atoms with Crippen LogP contribution in [-0.4, -0.2) is 61.5 Å². The van der Waals surface area contributed by atoms with Crippen LogP contribution in [0.5, 0.6) is 0 Å². The van der Waals surface area contributed by atoms with Crippen LogP contribution in [0.25, 0.3) is 10.9 Å². The number of aromatic nitrogens is 1. The highest BCUT2D eigenvalue weighted by molar-refractivity contribution is 9.10. The molecule has 1 aliphatic rings. The topological polar surface area (TPSA) is 132 Å². The maximum atomic E-state index is 13.3. The highest BCUT2D eigenvalue weighted by Gasteiger charge is 2.38. The Morgan fingerprint density at radius 2 is 2.07 bits per heavy atom. The second-order valence-corrected chi connectivity index (χ2v) is 8.37. The lowest BCUT2D eigenvalue weighted by Crippen LogP contribution is -2.41. The average Bonchev–Trinajstić information content (AvgIpc) is 3.02. The number of carbonyl (C=O) groups excluding carboxylic acids is 1. The molecule has 12 heteroatoms. The maximum Gasteiger partial charge on any atom is 0.356 e. The van der Waals surface area contributed by atoms with Crippen molar-refractivity contribution < 1.29 is 27.6 Å². The molecule has 0 aliphatic carbocycles. The molecule has 0 spiro atoms. The van der Waals surface area contributed by atoms with E-state index in [1.54, 1.807) is 6.92 Å². The average molecular weight is 462 g/mol. The van der Waals surface area contributed by atoms with Gasteiger partial charge in [-0.05, 0) is 35.0 Å². The van der Waals surface area contributed by atoms with Crippen LogP contribution in [0.1, 0.15) is 17.4 Å². The van der Waals surface area contributed by atoms with Gasteiger partial charge in [0.1, 0.15) is 10.6 Å². The third kappa shape index (κ3) is 3.45. The van der Waals surface area contributed by atoms with Gasteiger partial charge in [-0.1, -0.05) is 0 Å². The first-order valence-corrected chi connectivity index (χ1v) is 10.3. The zero-order chi connectivity index (χ0) is 19.8. The molecule has 0 unspecified atom stereocenters. The highest BCUT2D eigenvalue weighted by atomic mass is 79.9. The molecule has 10 nitrogen and oxygen atoms in total. The molecule has 27 heavy (non-hydrogen) atoms. The van der Waals surface area contributed by atoms with Crippen molar-refractivity contribution in [2.24, 2.45) is 0 Å². The minimum atomic E-state index is -4.22. The summed E-state index contributed by atoms with van der Waals surface area (Å²) in [6.45, 7) is 2.16. The van der Waals surface area contributed by atoms with E-state index in [1.165, 1.54) is 12.1 Å². The Labute approximate surface area is 162 Å². The molecule has 0 saturated carbocycles. The summed E-state index contributed by atoms with van der Waals surface area (Å²) in [5.74, 6) is -0.897. The Bertz CT molecular complexity index is 1010. The number of nitrogens with one attached hydrogen (secondary N) is 1. The summed E-state index contributed by atoms with van der Waals surface area (Å²) in [7, 11) is -4.22. The number of benzene rings is 1. The van der Waals surface area contributed by atoms with E-state index in [1.807, 2.05) is 0 Å². The van der Waals surface area contributed by atoms with Crippen LogP contribution in [-0.2, 0) is 19.5 Å². The minimum absolute atomic E-state index is 0.0248. The van der Waals surface area contributed by atoms with Crippen LogP contribution >= 0.6 is 15.9 Å². The number of nitrogens with zero attached hydrogens (tertiary/aromatic N) is 2. The van der Waals surface area contributed by atoms with E-state index in [0.29, 0.717) is 0 Å². The number of fused-ring (bicyclic) bond motifs is 1. The van der Waals surface area contributed by atoms with Gasteiger partial charge >= 0.3 is 5.97 Å². The van der Waals surface area contributed by atoms with E-state index in [-0.39, 0.29) is 54.0 Å². The first-order valence-electron chi connectivity index (χ1n) is 8.02. The van der Waals surface area contributed by atoms with E-state index in [2.05, 4.69) is 20.9 Å². The molecule has 0 radical (unpaired) electrons. The molecule has 1 aliphatic heterocycles. The molecule has 2 heterocycles. The number of morpholine rings is 1. The summed E-state index contributed by atoms with van der Waals surface area (Å²) >= 11 is 3.09. The molecule has 0 bridgehead atoms. The predicted molar refractivity (Wildman–Crippen MR) is 98.2 cm³/mol. The fourth-order valence-electron chi connectivity index (χ4n) is 2.92. The Kier molecular flexibility index (Phi) is 5.51. The second-order valence-electron chi connectivity index (χ2n) is 5.64. The van der Waals surface area contributed by atoms with Crippen molar-refractivity contribution in [3.8, 4) is 0 Å². The van der Waals surface area contributed by atoms with Gasteiger partial charge in [-0.25, -0.2) is 13.2 Å². The number of H-pyrrole nitrogens is 1. The maximum absolute atomic E-state index is 13.3. The first-order chi connectivity index (χ1) is 12.8. The summed E-state index contributed by atoms with van der Waals surface area (Å²) in [5.41, 5.74) is -0.620. The lowest BCUT2D eigenvalue weighted by atomic mass is 10.2. The lowest BCUT2D eigenvalue weighted by molar-refractivity contribution is -0.384. The quantitative estimate of drug-likeness (QED) is 0.409. The molecule has 1 N–H and O–H groups in total. The highest BCUT2D eigenvalue weighted by Crippen LogP contribution is 2.40. The van der Waals surface area contributed by atoms with Crippen LogP contribution in [0.3, 0.4) is 0 Å². The van der Waals surface area contributed by atoms with Gasteiger partial charge in [-0.15, -0.1) is 0 Å². The zero-order valence-corrected chi connectivity index (χ0v) is 16.6. The molecule has 2 aromatic rings. The van der Waals surface area contributed by atoms with Crippen molar-refractivity contribution in [2.75, 3.05) is 32.9 Å². The number of ether oxygens (including phenoxy) is 2. The Hall–Kier alpha value is -2.02.